The lowest BCUT2D eigenvalue weighted by Crippen LogP contribution is -2.35. The van der Waals surface area contributed by atoms with Crippen molar-refractivity contribution in [2.24, 2.45) is 0 Å². The first-order valence-corrected chi connectivity index (χ1v) is 12.9. The quantitative estimate of drug-likeness (QED) is 0.433. The smallest absolute Gasteiger partial charge is 0.296 e. The summed E-state index contributed by atoms with van der Waals surface area (Å²) < 4.78 is 80.6. The van der Waals surface area contributed by atoms with Gasteiger partial charge in [-0.1, -0.05) is 42.9 Å². The van der Waals surface area contributed by atoms with E-state index < -0.39 is 44.5 Å². The monoisotopic (exact) mass is 528 g/mol. The Bertz CT molecular complexity index is 1370. The number of carbonyl (C=O) groups excluding carboxylic acids is 1. The topological polar surface area (TPSA) is 101 Å². The lowest BCUT2D eigenvalue weighted by Gasteiger charge is -2.40. The summed E-state index contributed by atoms with van der Waals surface area (Å²) in [5, 5.41) is 10.9. The number of hydrogen-bond acceptors (Lipinski definition) is 6. The van der Waals surface area contributed by atoms with Crippen LogP contribution in [0.1, 0.15) is 52.7 Å². The molecule has 1 heterocycles. The summed E-state index contributed by atoms with van der Waals surface area (Å²) in [6.45, 7) is 1.69. The third kappa shape index (κ3) is 4.93. The first-order valence-electron chi connectivity index (χ1n) is 10.6. The highest BCUT2D eigenvalue weighted by molar-refractivity contribution is 7.89. The Labute approximate surface area is 202 Å². The molecule has 0 radical (unpaired) electrons. The van der Waals surface area contributed by atoms with Crippen molar-refractivity contribution >= 4 is 32.4 Å². The molecule has 1 amide bonds. The molecule has 3 aromatic rings. The number of sulfonamides is 1. The lowest BCUT2D eigenvalue weighted by atomic mass is 9.64. The summed E-state index contributed by atoms with van der Waals surface area (Å²) in [7, 11) is -3.91. The maximum atomic E-state index is 14.3. The van der Waals surface area contributed by atoms with Crippen LogP contribution in [0, 0.1) is 5.82 Å². The summed E-state index contributed by atoms with van der Waals surface area (Å²) in [5.41, 5.74) is -1.56. The van der Waals surface area contributed by atoms with Crippen molar-refractivity contribution in [2.75, 3.05) is 11.9 Å². The van der Waals surface area contributed by atoms with Gasteiger partial charge >= 0.3 is 6.18 Å². The fraction of sp³-hybridized carbons (Fsp3) is 0.318. The van der Waals surface area contributed by atoms with E-state index in [0.717, 1.165) is 48.1 Å². The molecule has 13 heteroatoms. The Balaban J connectivity index is 1.60. The maximum Gasteiger partial charge on any atom is 0.416 e. The number of amides is 1. The predicted octanol–water partition coefficient (Wildman–Crippen LogP) is 4.72. The van der Waals surface area contributed by atoms with E-state index in [1.165, 1.54) is 6.07 Å². The van der Waals surface area contributed by atoms with Crippen LogP contribution in [0.3, 0.4) is 0 Å². The van der Waals surface area contributed by atoms with Crippen molar-refractivity contribution in [3.8, 4) is 0 Å². The van der Waals surface area contributed by atoms with E-state index in [-0.39, 0.29) is 16.6 Å². The second-order valence-electron chi connectivity index (χ2n) is 8.02. The first kappa shape index (κ1) is 25.2. The Morgan fingerprint density at radius 1 is 1.14 bits per heavy atom. The molecule has 0 aliphatic heterocycles. The van der Waals surface area contributed by atoms with E-state index in [2.05, 4.69) is 20.2 Å². The van der Waals surface area contributed by atoms with Gasteiger partial charge in [-0.25, -0.2) is 17.5 Å². The molecule has 0 spiro atoms. The molecule has 35 heavy (non-hydrogen) atoms. The third-order valence-electron chi connectivity index (χ3n) is 5.83. The second-order valence-corrected chi connectivity index (χ2v) is 10.8. The van der Waals surface area contributed by atoms with Crippen LogP contribution in [0.4, 0.5) is 22.7 Å². The van der Waals surface area contributed by atoms with Gasteiger partial charge in [-0.3, -0.25) is 10.1 Å². The third-order valence-corrected chi connectivity index (χ3v) is 8.42. The summed E-state index contributed by atoms with van der Waals surface area (Å²) in [6.07, 6.45) is -2.57. The van der Waals surface area contributed by atoms with Crippen molar-refractivity contribution < 1.29 is 30.8 Å². The van der Waals surface area contributed by atoms with Gasteiger partial charge in [0.05, 0.1) is 16.0 Å². The standard InChI is InChI=1S/C22H20F4N4O3S2/c1-2-27-35(32,33)15-7-8-17(23)16(12-15)18(31)28-20-30-29-19(34-20)21(9-4-10-21)13-5-3-6-14(11-13)22(24,25)26/h3,5-8,11-12,27H,2,4,9-10H2,1H3,(H,28,30,31). The Hall–Kier alpha value is -2.90. The van der Waals surface area contributed by atoms with Gasteiger partial charge < -0.3 is 0 Å². The number of aromatic nitrogens is 2. The van der Waals surface area contributed by atoms with Gasteiger partial charge in [0.2, 0.25) is 15.2 Å². The fourth-order valence-electron chi connectivity index (χ4n) is 3.90. The van der Waals surface area contributed by atoms with Gasteiger partial charge in [0.15, 0.2) is 0 Å². The maximum absolute atomic E-state index is 14.3. The van der Waals surface area contributed by atoms with Crippen molar-refractivity contribution in [1.29, 1.82) is 0 Å². The molecule has 1 fully saturated rings. The number of rotatable bonds is 7. The van der Waals surface area contributed by atoms with Gasteiger partial charge in [-0.05, 0) is 42.7 Å². The van der Waals surface area contributed by atoms with Crippen LogP contribution >= 0.6 is 11.3 Å². The number of benzene rings is 2. The SMILES string of the molecule is CCNS(=O)(=O)c1ccc(F)c(C(=O)Nc2nnc(C3(c4cccc(C(F)(F)F)c4)CCC3)s2)c1. The Morgan fingerprint density at radius 3 is 2.51 bits per heavy atom. The van der Waals surface area contributed by atoms with Gasteiger partial charge in [-0.15, -0.1) is 10.2 Å². The van der Waals surface area contributed by atoms with E-state index in [1.807, 2.05) is 0 Å². The predicted molar refractivity (Wildman–Crippen MR) is 121 cm³/mol. The molecule has 1 aliphatic carbocycles. The van der Waals surface area contributed by atoms with Crippen molar-refractivity contribution in [3.63, 3.8) is 0 Å². The minimum Gasteiger partial charge on any atom is -0.296 e. The first-order chi connectivity index (χ1) is 16.5. The average molecular weight is 529 g/mol. The minimum absolute atomic E-state index is 0.0163. The largest absolute Gasteiger partial charge is 0.416 e. The van der Waals surface area contributed by atoms with Crippen LogP contribution in [0.2, 0.25) is 0 Å². The summed E-state index contributed by atoms with van der Waals surface area (Å²) in [4.78, 5) is 12.4. The zero-order chi connectivity index (χ0) is 25.4. The molecule has 186 valence electrons. The number of alkyl halides is 3. The summed E-state index contributed by atoms with van der Waals surface area (Å²) in [5.74, 6) is -1.86. The highest BCUT2D eigenvalue weighted by Gasteiger charge is 2.44. The number of halogens is 4. The molecule has 0 saturated heterocycles. The average Bonchev–Trinajstić information content (AvgIpc) is 3.21. The minimum atomic E-state index is -4.49. The molecule has 1 aliphatic rings. The summed E-state index contributed by atoms with van der Waals surface area (Å²) in [6, 6.07) is 7.90. The molecule has 2 N–H and O–H groups in total. The Kier molecular flexibility index (Phi) is 6.68. The zero-order valence-corrected chi connectivity index (χ0v) is 20.0. The van der Waals surface area contributed by atoms with Crippen LogP contribution in [-0.4, -0.2) is 31.1 Å². The zero-order valence-electron chi connectivity index (χ0n) is 18.3. The van der Waals surface area contributed by atoms with E-state index in [4.69, 9.17) is 0 Å². The molecule has 0 atom stereocenters. The number of nitrogens with zero attached hydrogens (tertiary/aromatic N) is 2. The van der Waals surface area contributed by atoms with E-state index in [0.29, 0.717) is 23.4 Å². The lowest BCUT2D eigenvalue weighted by molar-refractivity contribution is -0.137. The van der Waals surface area contributed by atoms with Crippen LogP contribution in [0.15, 0.2) is 47.4 Å². The van der Waals surface area contributed by atoms with Gasteiger partial charge in [-0.2, -0.15) is 13.2 Å². The van der Waals surface area contributed by atoms with Gasteiger partial charge in [0.25, 0.3) is 5.91 Å². The molecule has 7 nitrogen and oxygen atoms in total. The number of hydrogen-bond donors (Lipinski definition) is 2. The molecule has 0 unspecified atom stereocenters. The fourth-order valence-corrected chi connectivity index (χ4v) is 5.97. The Morgan fingerprint density at radius 2 is 1.89 bits per heavy atom. The molecular weight excluding hydrogens is 508 g/mol. The summed E-state index contributed by atoms with van der Waals surface area (Å²) >= 11 is 0.982. The number of carbonyl (C=O) groups is 1. The van der Waals surface area contributed by atoms with Gasteiger partial charge in [0.1, 0.15) is 10.8 Å². The number of anilines is 1. The van der Waals surface area contributed by atoms with Crippen molar-refractivity contribution in [2.45, 2.75) is 42.7 Å². The highest BCUT2D eigenvalue weighted by Crippen LogP contribution is 2.51. The molecule has 2 aromatic carbocycles. The molecule has 0 bridgehead atoms. The molecule has 1 saturated carbocycles. The molecule has 1 aromatic heterocycles. The number of nitrogens with one attached hydrogen (secondary N) is 2. The normalized spacial score (nSPS) is 15.5. The van der Waals surface area contributed by atoms with Crippen LogP contribution in [-0.2, 0) is 21.6 Å². The van der Waals surface area contributed by atoms with E-state index in [1.54, 1.807) is 13.0 Å². The second kappa shape index (κ2) is 9.28. The van der Waals surface area contributed by atoms with E-state index in [9.17, 15) is 30.8 Å². The highest BCUT2D eigenvalue weighted by atomic mass is 32.2. The van der Waals surface area contributed by atoms with Crippen LogP contribution in [0.25, 0.3) is 0 Å². The van der Waals surface area contributed by atoms with Gasteiger partial charge in [0, 0.05) is 12.0 Å². The van der Waals surface area contributed by atoms with E-state index >= 15 is 0 Å². The molecule has 4 rings (SSSR count). The van der Waals surface area contributed by atoms with Crippen LogP contribution < -0.4 is 10.0 Å². The molecular formula is C22H20F4N4O3S2. The van der Waals surface area contributed by atoms with Crippen molar-refractivity contribution in [1.82, 2.24) is 14.9 Å². The van der Waals surface area contributed by atoms with Crippen molar-refractivity contribution in [3.05, 3.63) is 70.0 Å². The van der Waals surface area contributed by atoms with Crippen LogP contribution in [0.5, 0.6) is 0 Å².